The topological polar surface area (TPSA) is 99.1 Å². The SMILES string of the molecule is C=C(/N=C(\ON)c1ccc(OC)c(C(F)(F)F)c1)c1cccc2c1ccn2CCC(=O)O. The molecule has 3 rings (SSSR count). The number of hydrogen-bond donors (Lipinski definition) is 2. The molecule has 1 aromatic heterocycles. The molecule has 0 saturated carbocycles. The van der Waals surface area contributed by atoms with E-state index in [1.165, 1.54) is 6.07 Å². The minimum absolute atomic E-state index is 0.00650. The van der Waals surface area contributed by atoms with Crippen LogP contribution in [0.5, 0.6) is 5.75 Å². The molecule has 168 valence electrons. The van der Waals surface area contributed by atoms with Crippen LogP contribution in [-0.2, 0) is 22.4 Å². The molecule has 0 amide bonds. The van der Waals surface area contributed by atoms with Gasteiger partial charge in [0, 0.05) is 34.8 Å². The fraction of sp³-hybridized carbons (Fsp3) is 0.182. The summed E-state index contributed by atoms with van der Waals surface area (Å²) in [6.45, 7) is 4.18. The van der Waals surface area contributed by atoms with Crippen molar-refractivity contribution >= 4 is 28.5 Å². The van der Waals surface area contributed by atoms with Crippen LogP contribution in [0.4, 0.5) is 13.2 Å². The molecular weight excluding hydrogens is 427 g/mol. The highest BCUT2D eigenvalue weighted by molar-refractivity contribution is 6.00. The van der Waals surface area contributed by atoms with Gasteiger partial charge in [-0.25, -0.2) is 4.99 Å². The number of carboxylic acid groups (broad SMARTS) is 1. The zero-order valence-corrected chi connectivity index (χ0v) is 17.0. The molecule has 0 unspecified atom stereocenters. The summed E-state index contributed by atoms with van der Waals surface area (Å²) in [7, 11) is 1.14. The number of fused-ring (bicyclic) bond motifs is 1. The molecule has 0 atom stereocenters. The van der Waals surface area contributed by atoms with Crippen LogP contribution in [0.3, 0.4) is 0 Å². The van der Waals surface area contributed by atoms with Crippen molar-refractivity contribution in [1.82, 2.24) is 4.57 Å². The maximum absolute atomic E-state index is 13.4. The number of carboxylic acids is 1. The number of benzene rings is 2. The third-order valence-electron chi connectivity index (χ3n) is 4.79. The van der Waals surface area contributed by atoms with Crippen molar-refractivity contribution in [3.05, 3.63) is 71.9 Å². The Bertz CT molecular complexity index is 1200. The van der Waals surface area contributed by atoms with Gasteiger partial charge in [-0.1, -0.05) is 18.7 Å². The molecular formula is C22H20F3N3O4. The van der Waals surface area contributed by atoms with Crippen LogP contribution in [0.25, 0.3) is 16.6 Å². The van der Waals surface area contributed by atoms with Crippen LogP contribution < -0.4 is 10.6 Å². The fourth-order valence-corrected chi connectivity index (χ4v) is 3.29. The first-order chi connectivity index (χ1) is 15.2. The fourth-order valence-electron chi connectivity index (χ4n) is 3.29. The molecule has 0 aliphatic heterocycles. The molecule has 3 N–H and O–H groups in total. The lowest BCUT2D eigenvalue weighted by atomic mass is 10.1. The smallest absolute Gasteiger partial charge is 0.419 e. The zero-order valence-electron chi connectivity index (χ0n) is 17.0. The second-order valence-electron chi connectivity index (χ2n) is 6.79. The molecule has 0 spiro atoms. The second kappa shape index (κ2) is 9.15. The predicted octanol–water partition coefficient (Wildman–Crippen LogP) is 4.45. The van der Waals surface area contributed by atoms with E-state index in [2.05, 4.69) is 11.6 Å². The Morgan fingerprint density at radius 3 is 2.62 bits per heavy atom. The van der Waals surface area contributed by atoms with Crippen LogP contribution in [-0.4, -0.2) is 28.7 Å². The molecule has 0 aliphatic carbocycles. The highest BCUT2D eigenvalue weighted by atomic mass is 19.4. The first-order valence-corrected chi connectivity index (χ1v) is 9.35. The Kier molecular flexibility index (Phi) is 6.54. The molecule has 3 aromatic rings. The van der Waals surface area contributed by atoms with Crippen molar-refractivity contribution in [3.63, 3.8) is 0 Å². The number of rotatable bonds is 7. The number of aromatic nitrogens is 1. The molecule has 0 fully saturated rings. The van der Waals surface area contributed by atoms with Crippen molar-refractivity contribution in [3.8, 4) is 5.75 Å². The lowest BCUT2D eigenvalue weighted by Gasteiger charge is -2.14. The second-order valence-corrected chi connectivity index (χ2v) is 6.79. The number of nitrogens with zero attached hydrogens (tertiary/aromatic N) is 2. The van der Waals surface area contributed by atoms with Gasteiger partial charge in [-0.3, -0.25) is 4.79 Å². The van der Waals surface area contributed by atoms with Crippen molar-refractivity contribution in [2.45, 2.75) is 19.1 Å². The average molecular weight is 447 g/mol. The Balaban J connectivity index is 2.00. The van der Waals surface area contributed by atoms with E-state index in [4.69, 9.17) is 20.6 Å². The van der Waals surface area contributed by atoms with E-state index < -0.39 is 17.7 Å². The van der Waals surface area contributed by atoms with Gasteiger partial charge in [0.2, 0.25) is 5.90 Å². The normalized spacial score (nSPS) is 12.1. The maximum Gasteiger partial charge on any atom is 0.419 e. The summed E-state index contributed by atoms with van der Waals surface area (Å²) in [5.41, 5.74) is 0.560. The van der Waals surface area contributed by atoms with Crippen molar-refractivity contribution in [2.75, 3.05) is 7.11 Å². The van der Waals surface area contributed by atoms with Gasteiger partial charge in [-0.05, 0) is 30.3 Å². The first kappa shape index (κ1) is 22.9. The van der Waals surface area contributed by atoms with Crippen LogP contribution in [0, 0.1) is 0 Å². The standard InChI is InChI=1S/C22H20F3N3O4/c1-13(15-4-3-5-18-16(15)8-10-28(18)11-9-20(29)30)27-21(32-26)14-6-7-19(31-2)17(12-14)22(23,24)25/h3-8,10,12H,1,9,11,26H2,2H3,(H,29,30)/b27-21-. The molecule has 0 bridgehead atoms. The number of alkyl halides is 3. The van der Waals surface area contributed by atoms with E-state index in [1.54, 1.807) is 29.0 Å². The Labute approximate surface area is 181 Å². The molecule has 7 nitrogen and oxygen atoms in total. The van der Waals surface area contributed by atoms with E-state index in [1.807, 2.05) is 6.07 Å². The van der Waals surface area contributed by atoms with E-state index in [0.29, 0.717) is 5.56 Å². The lowest BCUT2D eigenvalue weighted by Crippen LogP contribution is -2.15. The van der Waals surface area contributed by atoms with Gasteiger partial charge in [0.25, 0.3) is 0 Å². The molecule has 0 radical (unpaired) electrons. The number of aryl methyl sites for hydroxylation is 1. The summed E-state index contributed by atoms with van der Waals surface area (Å²) in [6, 6.07) is 10.4. The van der Waals surface area contributed by atoms with Crippen LogP contribution >= 0.6 is 0 Å². The van der Waals surface area contributed by atoms with E-state index in [-0.39, 0.29) is 35.9 Å². The van der Waals surface area contributed by atoms with Gasteiger partial charge < -0.3 is 19.2 Å². The number of aliphatic carboxylic acids is 1. The van der Waals surface area contributed by atoms with Crippen LogP contribution in [0.2, 0.25) is 0 Å². The van der Waals surface area contributed by atoms with Gasteiger partial charge in [0.15, 0.2) is 0 Å². The number of methoxy groups -OCH3 is 1. The van der Waals surface area contributed by atoms with Gasteiger partial charge >= 0.3 is 12.1 Å². The van der Waals surface area contributed by atoms with Crippen molar-refractivity contribution < 1.29 is 32.6 Å². The molecule has 0 saturated heterocycles. The van der Waals surface area contributed by atoms with E-state index in [0.717, 1.165) is 30.1 Å². The minimum atomic E-state index is -4.65. The maximum atomic E-state index is 13.4. The summed E-state index contributed by atoms with van der Waals surface area (Å²) in [5, 5.41) is 9.66. The van der Waals surface area contributed by atoms with E-state index in [9.17, 15) is 18.0 Å². The van der Waals surface area contributed by atoms with Gasteiger partial charge in [0.05, 0.1) is 24.8 Å². The van der Waals surface area contributed by atoms with Gasteiger partial charge in [0.1, 0.15) is 5.75 Å². The minimum Gasteiger partial charge on any atom is -0.496 e. The molecule has 10 heteroatoms. The number of aliphatic imine (C=N–C) groups is 1. The Morgan fingerprint density at radius 2 is 2.00 bits per heavy atom. The van der Waals surface area contributed by atoms with Crippen molar-refractivity contribution in [2.24, 2.45) is 10.9 Å². The third-order valence-corrected chi connectivity index (χ3v) is 4.79. The van der Waals surface area contributed by atoms with Crippen molar-refractivity contribution in [1.29, 1.82) is 0 Å². The highest BCUT2D eigenvalue weighted by Crippen LogP contribution is 2.37. The average Bonchev–Trinajstić information content (AvgIpc) is 3.18. The number of hydrogen-bond acceptors (Lipinski definition) is 5. The largest absolute Gasteiger partial charge is 0.496 e. The van der Waals surface area contributed by atoms with Gasteiger partial charge in [-0.2, -0.15) is 19.1 Å². The molecule has 1 heterocycles. The number of halogens is 3. The summed E-state index contributed by atoms with van der Waals surface area (Å²) >= 11 is 0. The van der Waals surface area contributed by atoms with Crippen LogP contribution in [0.15, 0.2) is 60.2 Å². The summed E-state index contributed by atoms with van der Waals surface area (Å²) in [6.07, 6.45) is -2.95. The Morgan fingerprint density at radius 1 is 1.25 bits per heavy atom. The molecule has 2 aromatic carbocycles. The number of ether oxygens (including phenoxy) is 1. The summed E-state index contributed by atoms with van der Waals surface area (Å²) < 4.78 is 46.6. The third kappa shape index (κ3) is 4.75. The number of nitrogens with two attached hydrogens (primary N) is 1. The number of carbonyl (C=O) groups is 1. The lowest BCUT2D eigenvalue weighted by molar-refractivity contribution is -0.139. The first-order valence-electron chi connectivity index (χ1n) is 9.35. The molecule has 0 aliphatic rings. The van der Waals surface area contributed by atoms with E-state index >= 15 is 0 Å². The highest BCUT2D eigenvalue weighted by Gasteiger charge is 2.35. The Hall–Kier alpha value is -3.79. The quantitative estimate of drug-likeness (QED) is 0.317. The zero-order chi connectivity index (χ0) is 23.5. The monoisotopic (exact) mass is 447 g/mol. The van der Waals surface area contributed by atoms with Crippen LogP contribution in [0.1, 0.15) is 23.1 Å². The van der Waals surface area contributed by atoms with Gasteiger partial charge in [-0.15, -0.1) is 0 Å². The summed E-state index contributed by atoms with van der Waals surface area (Å²) in [4.78, 5) is 19.8. The molecule has 32 heavy (non-hydrogen) atoms. The summed E-state index contributed by atoms with van der Waals surface area (Å²) in [5.74, 6) is 3.78. The predicted molar refractivity (Wildman–Crippen MR) is 113 cm³/mol.